The molecule has 3 heteroatoms. The minimum Gasteiger partial charge on any atom is -0.393 e. The van der Waals surface area contributed by atoms with Crippen molar-refractivity contribution in [2.75, 3.05) is 0 Å². The van der Waals surface area contributed by atoms with Gasteiger partial charge in [0.2, 0.25) is 0 Å². The van der Waals surface area contributed by atoms with Gasteiger partial charge in [0.05, 0.1) is 11.8 Å². The Balaban J connectivity index is 2.27. The third kappa shape index (κ3) is 4.35. The maximum Gasteiger partial charge on any atom is 0.0541 e. The van der Waals surface area contributed by atoms with Gasteiger partial charge in [0, 0.05) is 18.8 Å². The zero-order valence-corrected chi connectivity index (χ0v) is 8.77. The van der Waals surface area contributed by atoms with Gasteiger partial charge in [-0.05, 0) is 32.4 Å². The highest BCUT2D eigenvalue weighted by molar-refractivity contribution is 5.03. The van der Waals surface area contributed by atoms with E-state index < -0.39 is 0 Å². The maximum atomic E-state index is 9.16. The fraction of sp³-hybridized carbons (Fsp3) is 0.545. The quantitative estimate of drug-likeness (QED) is 0.743. The van der Waals surface area contributed by atoms with Crippen LogP contribution in [0.15, 0.2) is 24.4 Å². The normalized spacial score (nSPS) is 15.1. The van der Waals surface area contributed by atoms with Gasteiger partial charge >= 0.3 is 0 Å². The van der Waals surface area contributed by atoms with E-state index in [9.17, 15) is 0 Å². The van der Waals surface area contributed by atoms with E-state index in [0.717, 1.165) is 18.7 Å². The highest BCUT2D eigenvalue weighted by atomic mass is 16.3. The molecule has 0 aliphatic carbocycles. The molecule has 2 unspecified atom stereocenters. The lowest BCUT2D eigenvalue weighted by molar-refractivity contribution is 0.170. The molecule has 1 heterocycles. The number of nitrogens with zero attached hydrogens (tertiary/aromatic N) is 1. The molecule has 0 fully saturated rings. The Morgan fingerprint density at radius 2 is 2.21 bits per heavy atom. The molecule has 0 spiro atoms. The number of nitrogens with one attached hydrogen (secondary N) is 1. The van der Waals surface area contributed by atoms with Gasteiger partial charge in [-0.1, -0.05) is 6.07 Å². The summed E-state index contributed by atoms with van der Waals surface area (Å²) >= 11 is 0. The average molecular weight is 194 g/mol. The summed E-state index contributed by atoms with van der Waals surface area (Å²) in [5, 5.41) is 12.5. The molecule has 0 aliphatic rings. The van der Waals surface area contributed by atoms with Gasteiger partial charge < -0.3 is 10.4 Å². The van der Waals surface area contributed by atoms with Crippen LogP contribution in [0.1, 0.15) is 26.0 Å². The first-order chi connectivity index (χ1) is 6.68. The lowest BCUT2D eigenvalue weighted by atomic mass is 10.1. The second-order valence-corrected chi connectivity index (χ2v) is 3.69. The molecule has 2 N–H and O–H groups in total. The number of aliphatic hydroxyl groups is 1. The van der Waals surface area contributed by atoms with E-state index in [-0.39, 0.29) is 6.10 Å². The van der Waals surface area contributed by atoms with Crippen molar-refractivity contribution in [2.24, 2.45) is 0 Å². The SMILES string of the molecule is CC(O)CC(C)NCc1ccccn1. The smallest absolute Gasteiger partial charge is 0.0541 e. The van der Waals surface area contributed by atoms with Crippen LogP contribution < -0.4 is 5.32 Å². The Labute approximate surface area is 85.2 Å². The molecule has 2 atom stereocenters. The number of hydrogen-bond donors (Lipinski definition) is 2. The molecule has 14 heavy (non-hydrogen) atoms. The van der Waals surface area contributed by atoms with Crippen molar-refractivity contribution < 1.29 is 5.11 Å². The van der Waals surface area contributed by atoms with Crippen molar-refractivity contribution >= 4 is 0 Å². The van der Waals surface area contributed by atoms with Crippen LogP contribution in [0, 0.1) is 0 Å². The lowest BCUT2D eigenvalue weighted by Crippen LogP contribution is -2.28. The van der Waals surface area contributed by atoms with E-state index in [1.165, 1.54) is 0 Å². The summed E-state index contributed by atoms with van der Waals surface area (Å²) in [5.41, 5.74) is 1.03. The second kappa shape index (κ2) is 5.73. The second-order valence-electron chi connectivity index (χ2n) is 3.69. The Morgan fingerprint density at radius 3 is 2.79 bits per heavy atom. The molecule has 0 saturated heterocycles. The van der Waals surface area contributed by atoms with E-state index in [4.69, 9.17) is 5.11 Å². The van der Waals surface area contributed by atoms with E-state index in [1.54, 1.807) is 13.1 Å². The van der Waals surface area contributed by atoms with Crippen LogP contribution in [-0.4, -0.2) is 22.2 Å². The monoisotopic (exact) mass is 194 g/mol. The van der Waals surface area contributed by atoms with Crippen molar-refractivity contribution in [3.05, 3.63) is 30.1 Å². The van der Waals surface area contributed by atoms with Gasteiger partial charge in [-0.15, -0.1) is 0 Å². The van der Waals surface area contributed by atoms with Gasteiger partial charge in [0.1, 0.15) is 0 Å². The predicted octanol–water partition coefficient (Wildman–Crippen LogP) is 1.33. The van der Waals surface area contributed by atoms with E-state index in [0.29, 0.717) is 6.04 Å². The molecule has 0 amide bonds. The van der Waals surface area contributed by atoms with Crippen molar-refractivity contribution in [2.45, 2.75) is 39.0 Å². The highest BCUT2D eigenvalue weighted by Gasteiger charge is 2.04. The molecule has 3 nitrogen and oxygen atoms in total. The van der Waals surface area contributed by atoms with Crippen LogP contribution in [0.2, 0.25) is 0 Å². The summed E-state index contributed by atoms with van der Waals surface area (Å²) in [7, 11) is 0. The molecule has 0 saturated carbocycles. The molecule has 1 aromatic heterocycles. The third-order valence-corrected chi connectivity index (χ3v) is 2.05. The number of rotatable bonds is 5. The maximum absolute atomic E-state index is 9.16. The van der Waals surface area contributed by atoms with Crippen molar-refractivity contribution in [1.82, 2.24) is 10.3 Å². The van der Waals surface area contributed by atoms with Crippen LogP contribution in [0.5, 0.6) is 0 Å². The van der Waals surface area contributed by atoms with Crippen molar-refractivity contribution in [3.8, 4) is 0 Å². The predicted molar refractivity (Wildman–Crippen MR) is 56.8 cm³/mol. The zero-order chi connectivity index (χ0) is 10.4. The summed E-state index contributed by atoms with van der Waals surface area (Å²) < 4.78 is 0. The summed E-state index contributed by atoms with van der Waals surface area (Å²) in [4.78, 5) is 4.20. The largest absolute Gasteiger partial charge is 0.393 e. The fourth-order valence-electron chi connectivity index (χ4n) is 1.38. The Kier molecular flexibility index (Phi) is 4.56. The van der Waals surface area contributed by atoms with Gasteiger partial charge in [-0.2, -0.15) is 0 Å². The molecular weight excluding hydrogens is 176 g/mol. The zero-order valence-electron chi connectivity index (χ0n) is 8.77. The Morgan fingerprint density at radius 1 is 1.43 bits per heavy atom. The van der Waals surface area contributed by atoms with Gasteiger partial charge in [0.15, 0.2) is 0 Å². The minimum absolute atomic E-state index is 0.249. The first-order valence-corrected chi connectivity index (χ1v) is 5.00. The number of aliphatic hydroxyl groups excluding tert-OH is 1. The van der Waals surface area contributed by atoms with Crippen LogP contribution in [0.25, 0.3) is 0 Å². The van der Waals surface area contributed by atoms with Crippen molar-refractivity contribution in [1.29, 1.82) is 0 Å². The highest BCUT2D eigenvalue weighted by Crippen LogP contribution is 1.99. The Hall–Kier alpha value is -0.930. The lowest BCUT2D eigenvalue weighted by Gasteiger charge is -2.14. The number of pyridine rings is 1. The summed E-state index contributed by atoms with van der Waals surface area (Å²) in [6.07, 6.45) is 2.31. The van der Waals surface area contributed by atoms with E-state index in [1.807, 2.05) is 18.2 Å². The fourth-order valence-corrected chi connectivity index (χ4v) is 1.38. The van der Waals surface area contributed by atoms with Gasteiger partial charge in [-0.3, -0.25) is 4.98 Å². The first-order valence-electron chi connectivity index (χ1n) is 5.00. The van der Waals surface area contributed by atoms with Crippen LogP contribution >= 0.6 is 0 Å². The van der Waals surface area contributed by atoms with Crippen LogP contribution in [0.3, 0.4) is 0 Å². The van der Waals surface area contributed by atoms with E-state index in [2.05, 4.69) is 17.2 Å². The van der Waals surface area contributed by atoms with Crippen LogP contribution in [0.4, 0.5) is 0 Å². The molecule has 0 aromatic carbocycles. The summed E-state index contributed by atoms with van der Waals surface area (Å²) in [5.74, 6) is 0. The van der Waals surface area contributed by atoms with Crippen molar-refractivity contribution in [3.63, 3.8) is 0 Å². The molecule has 0 aliphatic heterocycles. The van der Waals surface area contributed by atoms with Gasteiger partial charge in [-0.25, -0.2) is 0 Å². The molecule has 78 valence electrons. The van der Waals surface area contributed by atoms with Gasteiger partial charge in [0.25, 0.3) is 0 Å². The Bertz CT molecular complexity index is 249. The molecule has 0 bridgehead atoms. The first kappa shape index (κ1) is 11.1. The summed E-state index contributed by atoms with van der Waals surface area (Å²) in [6, 6.07) is 6.19. The van der Waals surface area contributed by atoms with E-state index >= 15 is 0 Å². The number of hydrogen-bond acceptors (Lipinski definition) is 3. The van der Waals surface area contributed by atoms with Crippen LogP contribution in [-0.2, 0) is 6.54 Å². The summed E-state index contributed by atoms with van der Waals surface area (Å²) in [6.45, 7) is 4.63. The molecule has 1 aromatic rings. The molecule has 1 rings (SSSR count). The standard InChI is InChI=1S/C11H18N2O/c1-9(7-10(2)14)13-8-11-5-3-4-6-12-11/h3-6,9-10,13-14H,7-8H2,1-2H3. The molecule has 0 radical (unpaired) electrons. The third-order valence-electron chi connectivity index (χ3n) is 2.05. The topological polar surface area (TPSA) is 45.1 Å². The minimum atomic E-state index is -0.249. The molecular formula is C11H18N2O. The average Bonchev–Trinajstić information content (AvgIpc) is 2.15. The number of aromatic nitrogens is 1.